The maximum Gasteiger partial charge on any atom is 0.242 e. The van der Waals surface area contributed by atoms with Crippen LogP contribution in [-0.2, 0) is 17.9 Å². The molecule has 2 aromatic carbocycles. The number of piperazine rings is 1. The third-order valence-corrected chi connectivity index (χ3v) is 6.29. The third-order valence-electron chi connectivity index (χ3n) is 5.46. The first-order chi connectivity index (χ1) is 15.3. The predicted molar refractivity (Wildman–Crippen MR) is 121 cm³/mol. The summed E-state index contributed by atoms with van der Waals surface area (Å²) < 4.78 is 7.90. The van der Waals surface area contributed by atoms with Crippen LogP contribution in [-0.4, -0.2) is 51.5 Å². The fraction of sp³-hybridized carbons (Fsp3) is 0.261. The van der Waals surface area contributed by atoms with Crippen molar-refractivity contribution in [1.82, 2.24) is 19.4 Å². The van der Waals surface area contributed by atoms with E-state index in [0.717, 1.165) is 40.8 Å². The highest BCUT2D eigenvalue weighted by atomic mass is 32.1. The molecule has 2 aromatic heterocycles. The molecule has 0 radical (unpaired) electrons. The summed E-state index contributed by atoms with van der Waals surface area (Å²) in [6.07, 6.45) is 1.82. The number of aromatic nitrogens is 3. The lowest BCUT2D eigenvalue weighted by Crippen LogP contribution is -2.49. The molecule has 1 amide bonds. The standard InChI is InChI=1S/C23H23N5O2S/c29-22(26-11-13-27(14-12-26)23-24-10-15-31-23)16-28-20-9-5-4-8-19(20)25-21(28)17-30-18-6-2-1-3-7-18/h1-10,15H,11-14,16-17H2. The summed E-state index contributed by atoms with van der Waals surface area (Å²) in [4.78, 5) is 26.4. The summed E-state index contributed by atoms with van der Waals surface area (Å²) in [6.45, 7) is 3.55. The van der Waals surface area contributed by atoms with Crippen molar-refractivity contribution in [3.8, 4) is 5.75 Å². The Balaban J connectivity index is 1.30. The lowest BCUT2D eigenvalue weighted by Gasteiger charge is -2.34. The van der Waals surface area contributed by atoms with Crippen molar-refractivity contribution in [2.24, 2.45) is 0 Å². The number of rotatable bonds is 6. The van der Waals surface area contributed by atoms with Gasteiger partial charge in [-0.3, -0.25) is 4.79 Å². The molecule has 0 saturated carbocycles. The van der Waals surface area contributed by atoms with Crippen LogP contribution in [0.3, 0.4) is 0 Å². The zero-order valence-corrected chi connectivity index (χ0v) is 17.9. The third kappa shape index (κ3) is 4.25. The number of hydrogen-bond acceptors (Lipinski definition) is 6. The second-order valence-corrected chi connectivity index (χ2v) is 8.26. The van der Waals surface area contributed by atoms with E-state index < -0.39 is 0 Å². The molecule has 0 aliphatic carbocycles. The molecule has 1 fully saturated rings. The monoisotopic (exact) mass is 433 g/mol. The Morgan fingerprint density at radius 1 is 1.00 bits per heavy atom. The van der Waals surface area contributed by atoms with Gasteiger partial charge in [0.15, 0.2) is 5.13 Å². The second-order valence-electron chi connectivity index (χ2n) is 7.39. The Kier molecular flexibility index (Phi) is 5.54. The first kappa shape index (κ1) is 19.6. The fourth-order valence-electron chi connectivity index (χ4n) is 3.83. The van der Waals surface area contributed by atoms with Crippen LogP contribution in [0.5, 0.6) is 5.75 Å². The summed E-state index contributed by atoms with van der Waals surface area (Å²) in [5.41, 5.74) is 1.82. The van der Waals surface area contributed by atoms with Crippen LogP contribution in [0.2, 0.25) is 0 Å². The number of thiazole rings is 1. The summed E-state index contributed by atoms with van der Waals surface area (Å²) >= 11 is 1.63. The van der Waals surface area contributed by atoms with Gasteiger partial charge in [0.05, 0.1) is 11.0 Å². The second kappa shape index (κ2) is 8.77. The Labute approximate surface area is 184 Å². The number of carbonyl (C=O) groups is 1. The van der Waals surface area contributed by atoms with Crippen LogP contribution in [0, 0.1) is 0 Å². The molecule has 7 nitrogen and oxygen atoms in total. The van der Waals surface area contributed by atoms with Gasteiger partial charge in [-0.2, -0.15) is 0 Å². The van der Waals surface area contributed by atoms with E-state index in [0.29, 0.717) is 19.7 Å². The van der Waals surface area contributed by atoms with Crippen molar-refractivity contribution in [3.05, 3.63) is 72.0 Å². The Hall–Kier alpha value is -3.39. The van der Waals surface area contributed by atoms with Gasteiger partial charge in [0, 0.05) is 37.8 Å². The minimum Gasteiger partial charge on any atom is -0.486 e. The van der Waals surface area contributed by atoms with Gasteiger partial charge in [-0.05, 0) is 24.3 Å². The van der Waals surface area contributed by atoms with Crippen molar-refractivity contribution < 1.29 is 9.53 Å². The summed E-state index contributed by atoms with van der Waals surface area (Å²) in [5, 5.41) is 3.00. The fourth-order valence-corrected chi connectivity index (χ4v) is 4.53. The van der Waals surface area contributed by atoms with Gasteiger partial charge in [-0.1, -0.05) is 30.3 Å². The molecular weight excluding hydrogens is 410 g/mol. The van der Waals surface area contributed by atoms with Crippen molar-refractivity contribution >= 4 is 33.4 Å². The number of fused-ring (bicyclic) bond motifs is 1. The minimum atomic E-state index is 0.0999. The number of benzene rings is 2. The molecule has 31 heavy (non-hydrogen) atoms. The maximum atomic E-state index is 13.1. The van der Waals surface area contributed by atoms with E-state index in [2.05, 4.69) is 9.88 Å². The van der Waals surface area contributed by atoms with E-state index >= 15 is 0 Å². The topological polar surface area (TPSA) is 63.5 Å². The molecule has 0 bridgehead atoms. The number of nitrogens with zero attached hydrogens (tertiary/aromatic N) is 5. The van der Waals surface area contributed by atoms with E-state index in [1.165, 1.54) is 0 Å². The van der Waals surface area contributed by atoms with Gasteiger partial charge in [0.25, 0.3) is 0 Å². The normalized spacial score (nSPS) is 14.2. The van der Waals surface area contributed by atoms with Gasteiger partial charge < -0.3 is 19.1 Å². The van der Waals surface area contributed by atoms with E-state index in [1.54, 1.807) is 11.3 Å². The quantitative estimate of drug-likeness (QED) is 0.466. The molecule has 1 aliphatic heterocycles. The van der Waals surface area contributed by atoms with Crippen LogP contribution in [0.25, 0.3) is 11.0 Å². The molecule has 8 heteroatoms. The first-order valence-electron chi connectivity index (χ1n) is 10.3. The Bertz CT molecular complexity index is 1150. The van der Waals surface area contributed by atoms with Gasteiger partial charge in [-0.15, -0.1) is 11.3 Å². The molecule has 0 spiro atoms. The zero-order valence-electron chi connectivity index (χ0n) is 17.1. The maximum absolute atomic E-state index is 13.1. The average Bonchev–Trinajstić information content (AvgIpc) is 3.47. The van der Waals surface area contributed by atoms with Crippen LogP contribution >= 0.6 is 11.3 Å². The van der Waals surface area contributed by atoms with Crippen LogP contribution in [0.4, 0.5) is 5.13 Å². The molecule has 0 unspecified atom stereocenters. The molecule has 0 N–H and O–H groups in total. The van der Waals surface area contributed by atoms with Gasteiger partial charge in [0.1, 0.15) is 24.7 Å². The molecule has 158 valence electrons. The first-order valence-corrected chi connectivity index (χ1v) is 11.2. The van der Waals surface area contributed by atoms with E-state index in [9.17, 15) is 4.79 Å². The number of ether oxygens (including phenoxy) is 1. The Morgan fingerprint density at radius 3 is 2.55 bits per heavy atom. The van der Waals surface area contributed by atoms with Crippen LogP contribution in [0.1, 0.15) is 5.82 Å². The number of para-hydroxylation sites is 3. The number of amides is 1. The van der Waals surface area contributed by atoms with E-state index in [1.807, 2.05) is 75.6 Å². The molecule has 4 aromatic rings. The summed E-state index contributed by atoms with van der Waals surface area (Å²) in [6, 6.07) is 17.6. The van der Waals surface area contributed by atoms with Crippen molar-refractivity contribution in [2.75, 3.05) is 31.1 Å². The zero-order chi connectivity index (χ0) is 21.0. The van der Waals surface area contributed by atoms with Crippen molar-refractivity contribution in [3.63, 3.8) is 0 Å². The van der Waals surface area contributed by atoms with E-state index in [-0.39, 0.29) is 12.5 Å². The number of hydrogen-bond donors (Lipinski definition) is 0. The highest BCUT2D eigenvalue weighted by Crippen LogP contribution is 2.21. The molecule has 1 aliphatic rings. The lowest BCUT2D eigenvalue weighted by molar-refractivity contribution is -0.132. The van der Waals surface area contributed by atoms with Gasteiger partial charge in [0.2, 0.25) is 5.91 Å². The number of anilines is 1. The predicted octanol–water partition coefficient (Wildman–Crippen LogP) is 3.42. The summed E-state index contributed by atoms with van der Waals surface area (Å²) in [5.74, 6) is 1.63. The SMILES string of the molecule is O=C(Cn1c(COc2ccccc2)nc2ccccc21)N1CCN(c2nccs2)CC1. The largest absolute Gasteiger partial charge is 0.486 e. The summed E-state index contributed by atoms with van der Waals surface area (Å²) in [7, 11) is 0. The van der Waals surface area contributed by atoms with Crippen molar-refractivity contribution in [1.29, 1.82) is 0 Å². The minimum absolute atomic E-state index is 0.0999. The van der Waals surface area contributed by atoms with Crippen LogP contribution in [0.15, 0.2) is 66.2 Å². The number of imidazole rings is 1. The lowest BCUT2D eigenvalue weighted by atomic mass is 10.3. The van der Waals surface area contributed by atoms with Gasteiger partial charge >= 0.3 is 0 Å². The smallest absolute Gasteiger partial charge is 0.242 e. The molecule has 0 atom stereocenters. The molecule has 3 heterocycles. The highest BCUT2D eigenvalue weighted by molar-refractivity contribution is 7.13. The molecule has 5 rings (SSSR count). The molecular formula is C23H23N5O2S. The average molecular weight is 434 g/mol. The van der Waals surface area contributed by atoms with E-state index in [4.69, 9.17) is 9.72 Å². The molecule has 1 saturated heterocycles. The van der Waals surface area contributed by atoms with Crippen LogP contribution < -0.4 is 9.64 Å². The van der Waals surface area contributed by atoms with Gasteiger partial charge in [-0.25, -0.2) is 9.97 Å². The Morgan fingerprint density at radius 2 is 1.77 bits per heavy atom. The van der Waals surface area contributed by atoms with Crippen molar-refractivity contribution in [2.45, 2.75) is 13.2 Å². The highest BCUT2D eigenvalue weighted by Gasteiger charge is 2.24. The number of carbonyl (C=O) groups excluding carboxylic acids is 1.